The van der Waals surface area contributed by atoms with Crippen molar-refractivity contribution in [3.63, 3.8) is 0 Å². The number of benzene rings is 2. The van der Waals surface area contributed by atoms with E-state index in [1.165, 1.54) is 17.7 Å². The van der Waals surface area contributed by atoms with Crippen LogP contribution in [-0.4, -0.2) is 26.7 Å². The van der Waals surface area contributed by atoms with Crippen LogP contribution in [0, 0.1) is 5.82 Å². The summed E-state index contributed by atoms with van der Waals surface area (Å²) in [5.74, 6) is 0.428. The fraction of sp³-hybridized carbons (Fsp3) is 0.346. The minimum atomic E-state index is -0.338. The molecule has 0 fully saturated rings. The van der Waals surface area contributed by atoms with E-state index in [2.05, 4.69) is 58.5 Å². The van der Waals surface area contributed by atoms with E-state index in [1.807, 2.05) is 6.92 Å². The number of allylic oxidation sites excluding steroid dienone is 1. The molecule has 2 aromatic carbocycles. The van der Waals surface area contributed by atoms with Gasteiger partial charge in [-0.3, -0.25) is 0 Å². The molecule has 0 spiro atoms. The van der Waals surface area contributed by atoms with Gasteiger partial charge in [0, 0.05) is 17.8 Å². The number of nitrogens with one attached hydrogen (secondary N) is 1. The van der Waals surface area contributed by atoms with Gasteiger partial charge < -0.3 is 14.7 Å². The number of aryl methyl sites for hydroxylation is 1. The lowest BCUT2D eigenvalue weighted by atomic mass is 9.93. The van der Waals surface area contributed by atoms with Crippen LogP contribution in [0.4, 0.5) is 4.39 Å². The molecule has 5 nitrogen and oxygen atoms in total. The smallest absolute Gasteiger partial charge is 0.258 e. The Morgan fingerprint density at radius 3 is 2.61 bits per heavy atom. The highest BCUT2D eigenvalue weighted by Crippen LogP contribution is 2.37. The second-order valence-electron chi connectivity index (χ2n) is 8.27. The van der Waals surface area contributed by atoms with Crippen LogP contribution in [0.5, 0.6) is 0 Å². The Balaban J connectivity index is 1.76. The molecule has 0 saturated heterocycles. The molecule has 172 valence electrons. The minimum absolute atomic E-state index is 0.216. The predicted octanol–water partition coefficient (Wildman–Crippen LogP) is 6.29. The minimum Gasteiger partial charge on any atom is -0.351 e. The molecular weight excluding hydrogens is 435 g/mol. The van der Waals surface area contributed by atoms with E-state index in [0.717, 1.165) is 49.1 Å². The summed E-state index contributed by atoms with van der Waals surface area (Å²) < 4.78 is 19.5. The number of hydrogen-bond acceptors (Lipinski definition) is 4. The first-order chi connectivity index (χ1) is 16.0. The quantitative estimate of drug-likeness (QED) is 0.312. The maximum atomic E-state index is 13.7. The van der Waals surface area contributed by atoms with Crippen LogP contribution in [0.2, 0.25) is 0 Å². The van der Waals surface area contributed by atoms with Crippen molar-refractivity contribution in [2.24, 2.45) is 0 Å². The molecular formula is C26H29FN4OS. The van der Waals surface area contributed by atoms with Gasteiger partial charge in [0.05, 0.1) is 11.6 Å². The molecule has 0 radical (unpaired) electrons. The Bertz CT molecular complexity index is 1160. The summed E-state index contributed by atoms with van der Waals surface area (Å²) in [4.78, 5) is 6.76. The highest BCUT2D eigenvalue weighted by molar-refractivity contribution is 7.80. The summed E-state index contributed by atoms with van der Waals surface area (Å²) in [5, 5.41) is 8.34. The van der Waals surface area contributed by atoms with Gasteiger partial charge in [-0.15, -0.1) is 0 Å². The third-order valence-electron chi connectivity index (χ3n) is 6.04. The number of aromatic nitrogens is 2. The van der Waals surface area contributed by atoms with E-state index in [9.17, 15) is 4.39 Å². The van der Waals surface area contributed by atoms with Crippen LogP contribution in [0.25, 0.3) is 17.0 Å². The van der Waals surface area contributed by atoms with E-state index >= 15 is 0 Å². The number of hydrogen-bond donors (Lipinski definition) is 1. The zero-order valence-corrected chi connectivity index (χ0v) is 20.1. The van der Waals surface area contributed by atoms with Crippen LogP contribution >= 0.6 is 12.2 Å². The van der Waals surface area contributed by atoms with Crippen molar-refractivity contribution >= 4 is 22.9 Å². The Labute approximate surface area is 199 Å². The molecule has 1 unspecified atom stereocenters. The molecule has 3 aromatic rings. The van der Waals surface area contributed by atoms with Crippen molar-refractivity contribution in [2.45, 2.75) is 52.5 Å². The molecule has 2 heterocycles. The van der Waals surface area contributed by atoms with E-state index in [-0.39, 0.29) is 11.9 Å². The Hall–Kier alpha value is -3.06. The predicted molar refractivity (Wildman–Crippen MR) is 133 cm³/mol. The molecule has 4 rings (SSSR count). The maximum Gasteiger partial charge on any atom is 0.258 e. The van der Waals surface area contributed by atoms with Crippen LogP contribution in [0.1, 0.15) is 63.1 Å². The molecule has 0 amide bonds. The first kappa shape index (κ1) is 23.1. The van der Waals surface area contributed by atoms with Gasteiger partial charge in [0.2, 0.25) is 5.82 Å². The number of halogens is 1. The standard InChI is InChI=1S/C26H29FN4OS/c1-4-6-7-15-31-17(3)22(23(28-26(31)33)19-13-11-18(5-2)12-14-19)25-29-24(30-32-25)20-9-8-10-21(27)16-20/h8-14,16,23H,4-7,15H2,1-3H3,(H,28,33). The molecule has 1 aliphatic rings. The van der Waals surface area contributed by atoms with E-state index in [1.54, 1.807) is 12.1 Å². The number of nitrogens with zero attached hydrogens (tertiary/aromatic N) is 3. The molecule has 1 aliphatic heterocycles. The van der Waals surface area contributed by atoms with Gasteiger partial charge in [-0.25, -0.2) is 4.39 Å². The van der Waals surface area contributed by atoms with Gasteiger partial charge in [-0.1, -0.05) is 68.2 Å². The Kier molecular flexibility index (Phi) is 7.18. The fourth-order valence-corrected chi connectivity index (χ4v) is 4.47. The first-order valence-electron chi connectivity index (χ1n) is 11.5. The summed E-state index contributed by atoms with van der Waals surface area (Å²) in [6.07, 6.45) is 4.28. The van der Waals surface area contributed by atoms with Crippen LogP contribution < -0.4 is 5.32 Å². The second kappa shape index (κ2) is 10.3. The lowest BCUT2D eigenvalue weighted by molar-refractivity contribution is 0.395. The Morgan fingerprint density at radius 1 is 1.12 bits per heavy atom. The zero-order valence-electron chi connectivity index (χ0n) is 19.3. The summed E-state index contributed by atoms with van der Waals surface area (Å²) in [5.41, 5.74) is 4.80. The van der Waals surface area contributed by atoms with Gasteiger partial charge >= 0.3 is 0 Å². The van der Waals surface area contributed by atoms with Crippen molar-refractivity contribution in [1.29, 1.82) is 0 Å². The normalized spacial score (nSPS) is 16.3. The summed E-state index contributed by atoms with van der Waals surface area (Å²) in [6, 6.07) is 14.5. The number of thiocarbonyl (C=S) groups is 1. The van der Waals surface area contributed by atoms with Crippen molar-refractivity contribution in [3.05, 3.63) is 77.1 Å². The van der Waals surface area contributed by atoms with Crippen LogP contribution in [0.3, 0.4) is 0 Å². The van der Waals surface area contributed by atoms with E-state index in [0.29, 0.717) is 22.4 Å². The van der Waals surface area contributed by atoms with Crippen molar-refractivity contribution in [3.8, 4) is 11.4 Å². The van der Waals surface area contributed by atoms with Crippen molar-refractivity contribution in [2.75, 3.05) is 6.54 Å². The number of rotatable bonds is 8. The molecule has 1 N–H and O–H groups in total. The number of unbranched alkanes of at least 4 members (excludes halogenated alkanes) is 2. The van der Waals surface area contributed by atoms with Gasteiger partial charge in [-0.05, 0) is 55.2 Å². The third kappa shape index (κ3) is 4.98. The SMILES string of the molecule is CCCCCN1C(=S)NC(c2ccc(CC)cc2)C(c2nc(-c3cccc(F)c3)no2)=C1C. The maximum absolute atomic E-state index is 13.7. The third-order valence-corrected chi connectivity index (χ3v) is 6.38. The van der Waals surface area contributed by atoms with E-state index < -0.39 is 0 Å². The van der Waals surface area contributed by atoms with Gasteiger partial charge in [0.25, 0.3) is 5.89 Å². The zero-order chi connectivity index (χ0) is 23.4. The fourth-order valence-electron chi connectivity index (χ4n) is 4.12. The molecule has 1 aromatic heterocycles. The van der Waals surface area contributed by atoms with Gasteiger partial charge in [-0.2, -0.15) is 4.98 Å². The molecule has 1 atom stereocenters. The largest absolute Gasteiger partial charge is 0.351 e. The van der Waals surface area contributed by atoms with Gasteiger partial charge in [0.1, 0.15) is 5.82 Å². The first-order valence-corrected chi connectivity index (χ1v) is 11.9. The summed E-state index contributed by atoms with van der Waals surface area (Å²) in [6.45, 7) is 7.19. The molecule has 0 bridgehead atoms. The second-order valence-corrected chi connectivity index (χ2v) is 8.66. The molecule has 33 heavy (non-hydrogen) atoms. The Morgan fingerprint density at radius 2 is 1.91 bits per heavy atom. The molecule has 0 saturated carbocycles. The average molecular weight is 465 g/mol. The monoisotopic (exact) mass is 464 g/mol. The molecule has 7 heteroatoms. The van der Waals surface area contributed by atoms with Crippen LogP contribution in [-0.2, 0) is 6.42 Å². The lowest BCUT2D eigenvalue weighted by Gasteiger charge is -2.37. The van der Waals surface area contributed by atoms with Gasteiger partial charge in [0.15, 0.2) is 5.11 Å². The lowest BCUT2D eigenvalue weighted by Crippen LogP contribution is -2.46. The van der Waals surface area contributed by atoms with Crippen LogP contribution in [0.15, 0.2) is 58.8 Å². The van der Waals surface area contributed by atoms with Crippen molar-refractivity contribution in [1.82, 2.24) is 20.4 Å². The highest BCUT2D eigenvalue weighted by Gasteiger charge is 2.33. The highest BCUT2D eigenvalue weighted by atomic mass is 32.1. The summed E-state index contributed by atoms with van der Waals surface area (Å²) in [7, 11) is 0. The topological polar surface area (TPSA) is 54.2 Å². The summed E-state index contributed by atoms with van der Waals surface area (Å²) >= 11 is 5.75. The van der Waals surface area contributed by atoms with Crippen molar-refractivity contribution < 1.29 is 8.91 Å². The van der Waals surface area contributed by atoms with E-state index in [4.69, 9.17) is 16.7 Å². The average Bonchev–Trinajstić information content (AvgIpc) is 3.31. The molecule has 0 aliphatic carbocycles.